The predicted molar refractivity (Wildman–Crippen MR) is 75.1 cm³/mol. The molecule has 0 fully saturated rings. The first-order valence-corrected chi connectivity index (χ1v) is 6.48. The van der Waals surface area contributed by atoms with Crippen LogP contribution in [0.15, 0.2) is 30.5 Å². The van der Waals surface area contributed by atoms with Crippen LogP contribution in [0.2, 0.25) is 0 Å². The number of nitrogens with zero attached hydrogens (tertiary/aromatic N) is 2. The normalized spacial score (nSPS) is 10.8. The van der Waals surface area contributed by atoms with Gasteiger partial charge in [-0.15, -0.1) is 0 Å². The number of hydrogen-bond acceptors (Lipinski definition) is 3. The third-order valence-corrected chi connectivity index (χ3v) is 2.95. The van der Waals surface area contributed by atoms with Crippen LogP contribution in [0, 0.1) is 6.92 Å². The lowest BCUT2D eigenvalue weighted by Gasteiger charge is -2.10. The summed E-state index contributed by atoms with van der Waals surface area (Å²) in [7, 11) is 0. The summed E-state index contributed by atoms with van der Waals surface area (Å²) in [5.74, 6) is -0.266. The van der Waals surface area contributed by atoms with Crippen LogP contribution in [0.1, 0.15) is 41.5 Å². The molecule has 0 aliphatic carbocycles. The molecule has 1 aromatic carbocycles. The fourth-order valence-electron chi connectivity index (χ4n) is 2.00. The molecule has 0 amide bonds. The van der Waals surface area contributed by atoms with Crippen LogP contribution in [0.3, 0.4) is 0 Å². The molecule has 0 atom stereocenters. The van der Waals surface area contributed by atoms with Crippen LogP contribution >= 0.6 is 0 Å². The standard InChI is InChI=1S/C15H18N2O3/c1-10(2)17-14(15(18)19)12(8-16-17)9-20-13-6-4-5-11(3)7-13/h4-8,10H,9H2,1-3H3,(H,18,19). The van der Waals surface area contributed by atoms with Gasteiger partial charge in [0.15, 0.2) is 5.69 Å². The summed E-state index contributed by atoms with van der Waals surface area (Å²) in [5.41, 5.74) is 1.86. The average molecular weight is 274 g/mol. The lowest BCUT2D eigenvalue weighted by molar-refractivity contribution is 0.0678. The fraction of sp³-hybridized carbons (Fsp3) is 0.333. The molecule has 20 heavy (non-hydrogen) atoms. The number of carboxylic acid groups (broad SMARTS) is 1. The third kappa shape index (κ3) is 2.99. The molecule has 0 saturated heterocycles. The molecule has 2 rings (SSSR count). The lowest BCUT2D eigenvalue weighted by atomic mass is 10.2. The Morgan fingerprint density at radius 3 is 2.80 bits per heavy atom. The second kappa shape index (κ2) is 5.77. The highest BCUT2D eigenvalue weighted by Crippen LogP contribution is 2.18. The van der Waals surface area contributed by atoms with Crippen LogP contribution in [0.25, 0.3) is 0 Å². The maximum atomic E-state index is 11.4. The van der Waals surface area contributed by atoms with E-state index in [2.05, 4.69) is 5.10 Å². The van der Waals surface area contributed by atoms with Gasteiger partial charge in [-0.2, -0.15) is 5.10 Å². The molecular formula is C15H18N2O3. The van der Waals surface area contributed by atoms with Gasteiger partial charge < -0.3 is 9.84 Å². The minimum Gasteiger partial charge on any atom is -0.489 e. The Morgan fingerprint density at radius 2 is 2.20 bits per heavy atom. The Morgan fingerprint density at radius 1 is 1.45 bits per heavy atom. The van der Waals surface area contributed by atoms with Crippen molar-refractivity contribution in [2.24, 2.45) is 0 Å². The molecule has 5 nitrogen and oxygen atoms in total. The molecule has 1 aromatic heterocycles. The molecule has 0 unspecified atom stereocenters. The Kier molecular flexibility index (Phi) is 4.08. The number of aryl methyl sites for hydroxylation is 1. The van der Waals surface area contributed by atoms with Gasteiger partial charge in [0.05, 0.1) is 6.20 Å². The summed E-state index contributed by atoms with van der Waals surface area (Å²) in [4.78, 5) is 11.4. The van der Waals surface area contributed by atoms with Gasteiger partial charge in [-0.25, -0.2) is 4.79 Å². The van der Waals surface area contributed by atoms with Crippen molar-refractivity contribution in [1.82, 2.24) is 9.78 Å². The van der Waals surface area contributed by atoms with Crippen LogP contribution in [-0.4, -0.2) is 20.9 Å². The van der Waals surface area contributed by atoms with E-state index < -0.39 is 5.97 Å². The summed E-state index contributed by atoms with van der Waals surface area (Å²) in [6.45, 7) is 5.96. The van der Waals surface area contributed by atoms with Gasteiger partial charge in [0.25, 0.3) is 0 Å². The SMILES string of the molecule is Cc1cccc(OCc2cnn(C(C)C)c2C(=O)O)c1. The Hall–Kier alpha value is -2.30. The molecule has 0 bridgehead atoms. The van der Waals surface area contributed by atoms with Gasteiger partial charge in [0, 0.05) is 11.6 Å². The molecule has 2 aromatic rings. The minimum atomic E-state index is -0.987. The highest BCUT2D eigenvalue weighted by atomic mass is 16.5. The molecule has 1 N–H and O–H groups in total. The maximum absolute atomic E-state index is 11.4. The minimum absolute atomic E-state index is 0.00572. The first kappa shape index (κ1) is 14.1. The Balaban J connectivity index is 2.19. The van der Waals surface area contributed by atoms with Gasteiger partial charge in [0.1, 0.15) is 12.4 Å². The molecule has 1 heterocycles. The molecule has 106 valence electrons. The largest absolute Gasteiger partial charge is 0.489 e. The smallest absolute Gasteiger partial charge is 0.354 e. The Bertz CT molecular complexity index is 617. The molecule has 5 heteroatoms. The quantitative estimate of drug-likeness (QED) is 0.910. The summed E-state index contributed by atoms with van der Waals surface area (Å²) in [5, 5.41) is 13.4. The number of benzene rings is 1. The van der Waals surface area contributed by atoms with Crippen molar-refractivity contribution in [2.75, 3.05) is 0 Å². The van der Waals surface area contributed by atoms with Crippen LogP contribution in [0.5, 0.6) is 5.75 Å². The lowest BCUT2D eigenvalue weighted by Crippen LogP contribution is -2.14. The topological polar surface area (TPSA) is 64.4 Å². The number of ether oxygens (including phenoxy) is 1. The fourth-order valence-corrected chi connectivity index (χ4v) is 2.00. The highest BCUT2D eigenvalue weighted by molar-refractivity contribution is 5.87. The average Bonchev–Trinajstić information content (AvgIpc) is 2.80. The second-order valence-corrected chi connectivity index (χ2v) is 4.97. The van der Waals surface area contributed by atoms with Gasteiger partial charge in [-0.05, 0) is 38.5 Å². The third-order valence-electron chi connectivity index (χ3n) is 2.95. The van der Waals surface area contributed by atoms with Gasteiger partial charge >= 0.3 is 5.97 Å². The van der Waals surface area contributed by atoms with Crippen molar-refractivity contribution < 1.29 is 14.6 Å². The van der Waals surface area contributed by atoms with E-state index in [0.717, 1.165) is 11.3 Å². The summed E-state index contributed by atoms with van der Waals surface area (Å²) < 4.78 is 7.14. The number of carbonyl (C=O) groups is 1. The van der Waals surface area contributed by atoms with E-state index in [1.54, 1.807) is 6.20 Å². The number of aromatic carboxylic acids is 1. The van der Waals surface area contributed by atoms with E-state index >= 15 is 0 Å². The maximum Gasteiger partial charge on any atom is 0.354 e. The van der Waals surface area contributed by atoms with E-state index in [1.807, 2.05) is 45.0 Å². The number of hydrogen-bond donors (Lipinski definition) is 1. The van der Waals surface area contributed by atoms with Crippen molar-refractivity contribution in [1.29, 1.82) is 0 Å². The van der Waals surface area contributed by atoms with Crippen molar-refractivity contribution >= 4 is 5.97 Å². The van der Waals surface area contributed by atoms with Crippen molar-refractivity contribution in [3.8, 4) is 5.75 Å². The molecular weight excluding hydrogens is 256 g/mol. The van der Waals surface area contributed by atoms with E-state index in [1.165, 1.54) is 4.68 Å². The van der Waals surface area contributed by atoms with Crippen molar-refractivity contribution in [3.05, 3.63) is 47.3 Å². The summed E-state index contributed by atoms with van der Waals surface area (Å²) in [6.07, 6.45) is 1.55. The monoisotopic (exact) mass is 274 g/mol. The number of carboxylic acids is 1. The van der Waals surface area contributed by atoms with Crippen LogP contribution in [0.4, 0.5) is 0 Å². The zero-order valence-corrected chi connectivity index (χ0v) is 11.8. The first-order chi connectivity index (χ1) is 9.49. The van der Waals surface area contributed by atoms with E-state index in [9.17, 15) is 9.90 Å². The van der Waals surface area contributed by atoms with Gasteiger partial charge in [-0.3, -0.25) is 4.68 Å². The van der Waals surface area contributed by atoms with E-state index in [-0.39, 0.29) is 18.3 Å². The number of rotatable bonds is 5. The summed E-state index contributed by atoms with van der Waals surface area (Å²) >= 11 is 0. The molecule has 0 saturated carbocycles. The van der Waals surface area contributed by atoms with Crippen molar-refractivity contribution in [3.63, 3.8) is 0 Å². The van der Waals surface area contributed by atoms with Crippen LogP contribution in [-0.2, 0) is 6.61 Å². The van der Waals surface area contributed by atoms with Crippen molar-refractivity contribution in [2.45, 2.75) is 33.4 Å². The van der Waals surface area contributed by atoms with E-state index in [0.29, 0.717) is 5.56 Å². The zero-order valence-electron chi connectivity index (χ0n) is 11.8. The second-order valence-electron chi connectivity index (χ2n) is 4.97. The highest BCUT2D eigenvalue weighted by Gasteiger charge is 2.19. The van der Waals surface area contributed by atoms with Gasteiger partial charge in [0.2, 0.25) is 0 Å². The van der Waals surface area contributed by atoms with Gasteiger partial charge in [-0.1, -0.05) is 12.1 Å². The molecule has 0 aliphatic rings. The van der Waals surface area contributed by atoms with E-state index in [4.69, 9.17) is 4.74 Å². The molecule has 0 spiro atoms. The first-order valence-electron chi connectivity index (χ1n) is 6.48. The summed E-state index contributed by atoms with van der Waals surface area (Å²) in [6, 6.07) is 7.63. The van der Waals surface area contributed by atoms with Crippen LogP contribution < -0.4 is 4.74 Å². The predicted octanol–water partition coefficient (Wildman–Crippen LogP) is 3.05. The zero-order chi connectivity index (χ0) is 14.7. The molecule has 0 aliphatic heterocycles. The molecule has 0 radical (unpaired) electrons. The Labute approximate surface area is 117 Å². The number of aromatic nitrogens is 2.